The zero-order valence-corrected chi connectivity index (χ0v) is 15.3. The van der Waals surface area contributed by atoms with Gasteiger partial charge in [0.15, 0.2) is 0 Å². The maximum Gasteiger partial charge on any atom is 0.143 e. The molecule has 0 fully saturated rings. The SMILES string of the molecule is CCCCN(C)c1ccc(CNC(C)CC)cc1OC(C)C. The molecule has 3 heteroatoms. The molecule has 1 rings (SSSR count). The van der Waals surface area contributed by atoms with E-state index < -0.39 is 0 Å². The molecule has 1 aromatic rings. The van der Waals surface area contributed by atoms with Crippen LogP contribution < -0.4 is 15.0 Å². The normalized spacial score (nSPS) is 12.5. The van der Waals surface area contributed by atoms with Crippen molar-refractivity contribution in [1.82, 2.24) is 5.32 Å². The number of hydrogen-bond donors (Lipinski definition) is 1. The average Bonchev–Trinajstić information content (AvgIpc) is 2.49. The van der Waals surface area contributed by atoms with E-state index in [-0.39, 0.29) is 6.10 Å². The van der Waals surface area contributed by atoms with Gasteiger partial charge in [-0.2, -0.15) is 0 Å². The van der Waals surface area contributed by atoms with Gasteiger partial charge in [0.1, 0.15) is 5.75 Å². The molecule has 0 aliphatic heterocycles. The number of benzene rings is 1. The van der Waals surface area contributed by atoms with Crippen LogP contribution in [0.3, 0.4) is 0 Å². The van der Waals surface area contributed by atoms with E-state index in [1.54, 1.807) is 0 Å². The highest BCUT2D eigenvalue weighted by Crippen LogP contribution is 2.30. The monoisotopic (exact) mass is 306 g/mol. The topological polar surface area (TPSA) is 24.5 Å². The Bertz CT molecular complexity index is 431. The number of nitrogens with zero attached hydrogens (tertiary/aromatic N) is 1. The molecule has 0 heterocycles. The minimum atomic E-state index is 0.191. The minimum Gasteiger partial charge on any atom is -0.489 e. The van der Waals surface area contributed by atoms with Crippen molar-refractivity contribution in [3.05, 3.63) is 23.8 Å². The lowest BCUT2D eigenvalue weighted by molar-refractivity contribution is 0.242. The summed E-state index contributed by atoms with van der Waals surface area (Å²) >= 11 is 0. The van der Waals surface area contributed by atoms with Crippen LogP contribution in [0, 0.1) is 0 Å². The van der Waals surface area contributed by atoms with Crippen molar-refractivity contribution in [1.29, 1.82) is 0 Å². The van der Waals surface area contributed by atoms with E-state index in [4.69, 9.17) is 4.74 Å². The molecule has 22 heavy (non-hydrogen) atoms. The first kappa shape index (κ1) is 18.8. The van der Waals surface area contributed by atoms with Crippen molar-refractivity contribution < 1.29 is 4.74 Å². The molecular formula is C19H34N2O. The lowest BCUT2D eigenvalue weighted by atomic mass is 10.1. The molecule has 0 saturated heterocycles. The second kappa shape index (κ2) is 9.73. The van der Waals surface area contributed by atoms with E-state index >= 15 is 0 Å². The standard InChI is InChI=1S/C19H34N2O/c1-7-9-12-21(6)18-11-10-17(14-20-16(5)8-2)13-19(18)22-15(3)4/h10-11,13,15-16,20H,7-9,12,14H2,1-6H3. The molecule has 1 unspecified atom stereocenters. The molecule has 126 valence electrons. The van der Waals surface area contributed by atoms with Crippen LogP contribution in [0.15, 0.2) is 18.2 Å². The third-order valence-corrected chi connectivity index (χ3v) is 3.91. The van der Waals surface area contributed by atoms with Gasteiger partial charge in [-0.05, 0) is 51.3 Å². The second-order valence-corrected chi connectivity index (χ2v) is 6.43. The van der Waals surface area contributed by atoms with E-state index in [1.807, 2.05) is 0 Å². The van der Waals surface area contributed by atoms with Crippen LogP contribution >= 0.6 is 0 Å². The quantitative estimate of drug-likeness (QED) is 0.684. The van der Waals surface area contributed by atoms with Gasteiger partial charge in [-0.25, -0.2) is 0 Å². The van der Waals surface area contributed by atoms with Crippen LogP contribution in [-0.4, -0.2) is 25.7 Å². The fourth-order valence-electron chi connectivity index (χ4n) is 2.28. The van der Waals surface area contributed by atoms with Crippen molar-refractivity contribution in [2.45, 2.75) is 72.6 Å². The van der Waals surface area contributed by atoms with Gasteiger partial charge in [-0.3, -0.25) is 0 Å². The number of hydrogen-bond acceptors (Lipinski definition) is 3. The third kappa shape index (κ3) is 6.27. The van der Waals surface area contributed by atoms with E-state index in [0.29, 0.717) is 6.04 Å². The van der Waals surface area contributed by atoms with E-state index in [1.165, 1.54) is 24.1 Å². The summed E-state index contributed by atoms with van der Waals surface area (Å²) < 4.78 is 6.05. The Hall–Kier alpha value is -1.22. The summed E-state index contributed by atoms with van der Waals surface area (Å²) in [5.41, 5.74) is 2.47. The lowest BCUT2D eigenvalue weighted by Crippen LogP contribution is -2.25. The molecule has 0 spiro atoms. The molecule has 0 bridgehead atoms. The van der Waals surface area contributed by atoms with Gasteiger partial charge in [-0.15, -0.1) is 0 Å². The molecule has 1 aromatic carbocycles. The Morgan fingerprint density at radius 2 is 1.91 bits per heavy atom. The largest absolute Gasteiger partial charge is 0.489 e. The molecular weight excluding hydrogens is 272 g/mol. The van der Waals surface area contributed by atoms with Gasteiger partial charge in [0.05, 0.1) is 11.8 Å². The summed E-state index contributed by atoms with van der Waals surface area (Å²) in [6.07, 6.45) is 3.75. The fourth-order valence-corrected chi connectivity index (χ4v) is 2.28. The highest BCUT2D eigenvalue weighted by Gasteiger charge is 2.11. The Morgan fingerprint density at radius 3 is 2.50 bits per heavy atom. The first-order valence-corrected chi connectivity index (χ1v) is 8.72. The first-order chi connectivity index (χ1) is 10.5. The van der Waals surface area contributed by atoms with Crippen LogP contribution in [-0.2, 0) is 6.54 Å². The Morgan fingerprint density at radius 1 is 1.18 bits per heavy atom. The summed E-state index contributed by atoms with van der Waals surface area (Å²) in [4.78, 5) is 2.30. The fraction of sp³-hybridized carbons (Fsp3) is 0.684. The molecule has 0 aliphatic carbocycles. The average molecular weight is 306 g/mol. The second-order valence-electron chi connectivity index (χ2n) is 6.43. The highest BCUT2D eigenvalue weighted by molar-refractivity contribution is 5.59. The lowest BCUT2D eigenvalue weighted by Gasteiger charge is -2.24. The minimum absolute atomic E-state index is 0.191. The maximum absolute atomic E-state index is 6.05. The predicted molar refractivity (Wildman–Crippen MR) is 97.0 cm³/mol. The maximum atomic E-state index is 6.05. The summed E-state index contributed by atoms with van der Waals surface area (Å²) in [5.74, 6) is 0.997. The van der Waals surface area contributed by atoms with Crippen LogP contribution in [0.4, 0.5) is 5.69 Å². The number of ether oxygens (including phenoxy) is 1. The van der Waals surface area contributed by atoms with Crippen molar-refractivity contribution in [2.75, 3.05) is 18.5 Å². The predicted octanol–water partition coefficient (Wildman–Crippen LogP) is 4.60. The summed E-state index contributed by atoms with van der Waals surface area (Å²) in [6, 6.07) is 7.13. The van der Waals surface area contributed by atoms with Crippen LogP contribution in [0.25, 0.3) is 0 Å². The summed E-state index contributed by atoms with van der Waals surface area (Å²) in [6.45, 7) is 12.8. The smallest absolute Gasteiger partial charge is 0.143 e. The van der Waals surface area contributed by atoms with Gasteiger partial charge >= 0.3 is 0 Å². The van der Waals surface area contributed by atoms with Gasteiger partial charge < -0.3 is 15.0 Å². The van der Waals surface area contributed by atoms with E-state index in [0.717, 1.165) is 25.3 Å². The number of anilines is 1. The van der Waals surface area contributed by atoms with Crippen molar-refractivity contribution >= 4 is 5.69 Å². The van der Waals surface area contributed by atoms with Crippen molar-refractivity contribution in [2.24, 2.45) is 0 Å². The first-order valence-electron chi connectivity index (χ1n) is 8.72. The van der Waals surface area contributed by atoms with Crippen LogP contribution in [0.5, 0.6) is 5.75 Å². The molecule has 0 amide bonds. The molecule has 0 radical (unpaired) electrons. The Labute approximate surface area is 137 Å². The molecule has 0 aromatic heterocycles. The number of unbranched alkanes of at least 4 members (excludes halogenated alkanes) is 1. The van der Waals surface area contributed by atoms with Crippen LogP contribution in [0.2, 0.25) is 0 Å². The Balaban J connectivity index is 2.87. The van der Waals surface area contributed by atoms with Gasteiger partial charge in [0, 0.05) is 26.2 Å². The molecule has 1 N–H and O–H groups in total. The molecule has 1 atom stereocenters. The van der Waals surface area contributed by atoms with Gasteiger partial charge in [0.25, 0.3) is 0 Å². The van der Waals surface area contributed by atoms with Crippen LogP contribution in [0.1, 0.15) is 59.4 Å². The zero-order valence-electron chi connectivity index (χ0n) is 15.3. The van der Waals surface area contributed by atoms with Gasteiger partial charge in [-0.1, -0.05) is 26.3 Å². The van der Waals surface area contributed by atoms with E-state index in [9.17, 15) is 0 Å². The third-order valence-electron chi connectivity index (χ3n) is 3.91. The molecule has 3 nitrogen and oxygen atoms in total. The Kier molecular flexibility index (Phi) is 8.32. The highest BCUT2D eigenvalue weighted by atomic mass is 16.5. The summed E-state index contributed by atoms with van der Waals surface area (Å²) in [5, 5.41) is 3.54. The van der Waals surface area contributed by atoms with Gasteiger partial charge in [0.2, 0.25) is 0 Å². The number of rotatable bonds is 10. The zero-order chi connectivity index (χ0) is 16.5. The van der Waals surface area contributed by atoms with Crippen molar-refractivity contribution in [3.8, 4) is 5.75 Å². The number of nitrogens with one attached hydrogen (secondary N) is 1. The molecule has 0 aliphatic rings. The van der Waals surface area contributed by atoms with E-state index in [2.05, 4.69) is 70.1 Å². The summed E-state index contributed by atoms with van der Waals surface area (Å²) in [7, 11) is 2.15. The van der Waals surface area contributed by atoms with Crippen molar-refractivity contribution in [3.63, 3.8) is 0 Å². The molecule has 0 saturated carbocycles.